The van der Waals surface area contributed by atoms with Crippen LogP contribution in [0.15, 0.2) is 42.5 Å². The Hall–Kier alpha value is -3.42. The van der Waals surface area contributed by atoms with Gasteiger partial charge in [0.2, 0.25) is 0 Å². The molecule has 0 radical (unpaired) electrons. The minimum atomic E-state index is -0.605. The van der Waals surface area contributed by atoms with E-state index in [9.17, 15) is 19.7 Å². The van der Waals surface area contributed by atoms with Crippen molar-refractivity contribution in [1.82, 2.24) is 4.90 Å². The molecule has 3 rings (SSSR count). The Balaban J connectivity index is 1.64. The number of Topliss-reactive ketones (excluding diaryl/α,β-unsaturated/α-hetero) is 1. The van der Waals surface area contributed by atoms with Crippen LogP contribution in [0.2, 0.25) is 0 Å². The van der Waals surface area contributed by atoms with E-state index in [0.29, 0.717) is 37.2 Å². The SMILES string of the molecule is COc1ccc(C(=O)C2CCN(C(=O)c3ccc(N)c([N+](=O)[O-])c3)CC2)cc1. The van der Waals surface area contributed by atoms with Crippen LogP contribution in [0, 0.1) is 16.0 Å². The summed E-state index contributed by atoms with van der Waals surface area (Å²) in [4.78, 5) is 37.4. The van der Waals surface area contributed by atoms with Gasteiger partial charge in [-0.05, 0) is 49.2 Å². The normalized spacial score (nSPS) is 14.5. The Labute approximate surface area is 162 Å². The van der Waals surface area contributed by atoms with E-state index in [-0.39, 0.29) is 34.5 Å². The van der Waals surface area contributed by atoms with Crippen LogP contribution in [-0.4, -0.2) is 41.7 Å². The molecule has 146 valence electrons. The molecular weight excluding hydrogens is 362 g/mol. The predicted molar refractivity (Wildman–Crippen MR) is 103 cm³/mol. The van der Waals surface area contributed by atoms with Crippen molar-refractivity contribution in [2.75, 3.05) is 25.9 Å². The Morgan fingerprint density at radius 3 is 2.29 bits per heavy atom. The van der Waals surface area contributed by atoms with E-state index in [1.165, 1.54) is 18.2 Å². The first-order chi connectivity index (χ1) is 13.4. The second-order valence-electron chi connectivity index (χ2n) is 6.69. The first-order valence-corrected chi connectivity index (χ1v) is 8.92. The molecule has 0 aromatic heterocycles. The molecule has 2 aromatic carbocycles. The van der Waals surface area contributed by atoms with E-state index >= 15 is 0 Å². The van der Waals surface area contributed by atoms with E-state index < -0.39 is 4.92 Å². The molecule has 28 heavy (non-hydrogen) atoms. The fourth-order valence-electron chi connectivity index (χ4n) is 3.35. The number of carbonyl (C=O) groups excluding carboxylic acids is 2. The number of nitrogens with zero attached hydrogens (tertiary/aromatic N) is 2. The van der Waals surface area contributed by atoms with Gasteiger partial charge in [-0.1, -0.05) is 0 Å². The summed E-state index contributed by atoms with van der Waals surface area (Å²) in [7, 11) is 1.57. The van der Waals surface area contributed by atoms with Crippen LogP contribution in [0.4, 0.5) is 11.4 Å². The van der Waals surface area contributed by atoms with Gasteiger partial charge in [-0.2, -0.15) is 0 Å². The van der Waals surface area contributed by atoms with Gasteiger partial charge in [-0.3, -0.25) is 19.7 Å². The number of nitro groups is 1. The van der Waals surface area contributed by atoms with E-state index in [4.69, 9.17) is 10.5 Å². The van der Waals surface area contributed by atoms with Gasteiger partial charge in [0.15, 0.2) is 5.78 Å². The van der Waals surface area contributed by atoms with Gasteiger partial charge in [-0.15, -0.1) is 0 Å². The van der Waals surface area contributed by atoms with Gasteiger partial charge >= 0.3 is 0 Å². The number of nitrogen functional groups attached to an aromatic ring is 1. The van der Waals surface area contributed by atoms with Gasteiger partial charge in [0.25, 0.3) is 11.6 Å². The topological polar surface area (TPSA) is 116 Å². The van der Waals surface area contributed by atoms with Crippen LogP contribution in [0.25, 0.3) is 0 Å². The molecule has 0 unspecified atom stereocenters. The van der Waals surface area contributed by atoms with Gasteiger partial charge in [0.05, 0.1) is 12.0 Å². The first-order valence-electron chi connectivity index (χ1n) is 8.92. The largest absolute Gasteiger partial charge is 0.497 e. The molecule has 1 heterocycles. The number of amides is 1. The van der Waals surface area contributed by atoms with Crippen molar-refractivity contribution in [2.24, 2.45) is 5.92 Å². The van der Waals surface area contributed by atoms with Crippen LogP contribution in [-0.2, 0) is 0 Å². The van der Waals surface area contributed by atoms with Crippen LogP contribution < -0.4 is 10.5 Å². The fourth-order valence-corrected chi connectivity index (χ4v) is 3.35. The third-order valence-corrected chi connectivity index (χ3v) is 5.00. The molecule has 8 nitrogen and oxygen atoms in total. The van der Waals surface area contributed by atoms with Gasteiger partial charge in [0.1, 0.15) is 11.4 Å². The number of carbonyl (C=O) groups is 2. The lowest BCUT2D eigenvalue weighted by atomic mass is 9.88. The maximum atomic E-state index is 12.7. The Morgan fingerprint density at radius 1 is 1.11 bits per heavy atom. The zero-order valence-electron chi connectivity index (χ0n) is 15.5. The first kappa shape index (κ1) is 19.3. The second-order valence-corrected chi connectivity index (χ2v) is 6.69. The molecule has 0 aliphatic carbocycles. The Kier molecular flexibility index (Phi) is 5.58. The lowest BCUT2D eigenvalue weighted by Gasteiger charge is -2.31. The highest BCUT2D eigenvalue weighted by Gasteiger charge is 2.29. The molecule has 2 aromatic rings. The van der Waals surface area contributed by atoms with E-state index in [1.54, 1.807) is 36.3 Å². The highest BCUT2D eigenvalue weighted by atomic mass is 16.6. The smallest absolute Gasteiger partial charge is 0.292 e. The monoisotopic (exact) mass is 383 g/mol. The predicted octanol–water partition coefficient (Wildman–Crippen LogP) is 2.92. The maximum absolute atomic E-state index is 12.7. The molecule has 0 spiro atoms. The van der Waals surface area contributed by atoms with Crippen molar-refractivity contribution in [2.45, 2.75) is 12.8 Å². The maximum Gasteiger partial charge on any atom is 0.292 e. The van der Waals surface area contributed by atoms with Gasteiger partial charge < -0.3 is 15.4 Å². The quantitative estimate of drug-likeness (QED) is 0.367. The number of nitro benzene ring substituents is 1. The molecule has 1 aliphatic heterocycles. The number of benzene rings is 2. The summed E-state index contributed by atoms with van der Waals surface area (Å²) in [5.74, 6) is 0.295. The third kappa shape index (κ3) is 3.95. The molecule has 0 saturated carbocycles. The van der Waals surface area contributed by atoms with Crippen LogP contribution >= 0.6 is 0 Å². The minimum absolute atomic E-state index is 0.0188. The second kappa shape index (κ2) is 8.08. The van der Waals surface area contributed by atoms with Crippen LogP contribution in [0.5, 0.6) is 5.75 Å². The van der Waals surface area contributed by atoms with Crippen LogP contribution in [0.1, 0.15) is 33.6 Å². The van der Waals surface area contributed by atoms with E-state index in [0.717, 1.165) is 0 Å². The number of ketones is 1. The number of piperidine rings is 1. The summed E-state index contributed by atoms with van der Waals surface area (Å²) in [5.41, 5.74) is 6.17. The number of nitrogens with two attached hydrogens (primary N) is 1. The molecule has 1 aliphatic rings. The number of rotatable bonds is 5. The summed E-state index contributed by atoms with van der Waals surface area (Å²) in [6.45, 7) is 0.840. The fraction of sp³-hybridized carbons (Fsp3) is 0.300. The van der Waals surface area contributed by atoms with E-state index in [1.807, 2.05) is 0 Å². The molecule has 1 amide bonds. The Morgan fingerprint density at radius 2 is 1.71 bits per heavy atom. The third-order valence-electron chi connectivity index (χ3n) is 5.00. The van der Waals surface area contributed by atoms with Gasteiger partial charge in [0, 0.05) is 36.2 Å². The summed E-state index contributed by atoms with van der Waals surface area (Å²) in [6.07, 6.45) is 1.10. The molecule has 0 atom stereocenters. The van der Waals surface area contributed by atoms with Crippen molar-refractivity contribution >= 4 is 23.1 Å². The molecule has 8 heteroatoms. The molecule has 1 saturated heterocycles. The molecule has 0 bridgehead atoms. The molecule has 2 N–H and O–H groups in total. The zero-order valence-corrected chi connectivity index (χ0v) is 15.5. The van der Waals surface area contributed by atoms with Crippen molar-refractivity contribution in [1.29, 1.82) is 0 Å². The summed E-state index contributed by atoms with van der Waals surface area (Å²) in [6, 6.07) is 11.0. The number of likely N-dealkylation sites (tertiary alicyclic amines) is 1. The minimum Gasteiger partial charge on any atom is -0.497 e. The standard InChI is InChI=1S/C20H21N3O5/c1-28-16-5-2-13(3-6-16)19(24)14-8-10-22(11-9-14)20(25)15-4-7-17(21)18(12-15)23(26)27/h2-7,12,14H,8-11,21H2,1H3. The number of hydrogen-bond donors (Lipinski definition) is 1. The summed E-state index contributed by atoms with van der Waals surface area (Å²) in [5, 5.41) is 11.0. The zero-order chi connectivity index (χ0) is 20.3. The lowest BCUT2D eigenvalue weighted by molar-refractivity contribution is -0.383. The average molecular weight is 383 g/mol. The van der Waals surface area contributed by atoms with Gasteiger partial charge in [-0.25, -0.2) is 0 Å². The van der Waals surface area contributed by atoms with Crippen LogP contribution in [0.3, 0.4) is 0 Å². The highest BCUT2D eigenvalue weighted by Crippen LogP contribution is 2.26. The Bertz CT molecular complexity index is 903. The molecule has 1 fully saturated rings. The average Bonchev–Trinajstić information content (AvgIpc) is 2.73. The van der Waals surface area contributed by atoms with Crippen molar-refractivity contribution in [3.05, 3.63) is 63.7 Å². The summed E-state index contributed by atoms with van der Waals surface area (Å²) < 4.78 is 5.10. The lowest BCUT2D eigenvalue weighted by Crippen LogP contribution is -2.40. The molecular formula is C20H21N3O5. The summed E-state index contributed by atoms with van der Waals surface area (Å²) >= 11 is 0. The number of hydrogen-bond acceptors (Lipinski definition) is 6. The van der Waals surface area contributed by atoms with Crippen molar-refractivity contribution in [3.63, 3.8) is 0 Å². The number of anilines is 1. The highest BCUT2D eigenvalue weighted by molar-refractivity contribution is 5.99. The van der Waals surface area contributed by atoms with Crippen molar-refractivity contribution in [3.8, 4) is 5.75 Å². The number of methoxy groups -OCH3 is 1. The van der Waals surface area contributed by atoms with E-state index in [2.05, 4.69) is 0 Å². The number of ether oxygens (including phenoxy) is 1. The van der Waals surface area contributed by atoms with Crippen molar-refractivity contribution < 1.29 is 19.2 Å².